The maximum absolute atomic E-state index is 13.2. The van der Waals surface area contributed by atoms with E-state index in [-0.39, 0.29) is 17.2 Å². The molecule has 0 N–H and O–H groups in total. The number of hydrogen-bond donors (Lipinski definition) is 0. The summed E-state index contributed by atoms with van der Waals surface area (Å²) in [6, 6.07) is 6.87. The summed E-state index contributed by atoms with van der Waals surface area (Å²) in [7, 11) is 0. The van der Waals surface area contributed by atoms with Crippen LogP contribution in [0.3, 0.4) is 0 Å². The van der Waals surface area contributed by atoms with Gasteiger partial charge in [-0.15, -0.1) is 0 Å². The number of carbonyl (C=O) groups is 1. The highest BCUT2D eigenvalue weighted by molar-refractivity contribution is 6.30. The summed E-state index contributed by atoms with van der Waals surface area (Å²) >= 11 is 12.0. The minimum atomic E-state index is -0.401. The number of ether oxygens (including phenoxy) is 1. The number of benzene rings is 1. The third kappa shape index (κ3) is 2.84. The molecule has 0 spiro atoms. The summed E-state index contributed by atoms with van der Waals surface area (Å²) in [6.45, 7) is 3.46. The summed E-state index contributed by atoms with van der Waals surface area (Å²) in [4.78, 5) is 25.3. The number of hydrogen-bond acceptors (Lipinski definition) is 5. The number of aromatic nitrogens is 2. The predicted octanol–water partition coefficient (Wildman–Crippen LogP) is 3.10. The van der Waals surface area contributed by atoms with Crippen molar-refractivity contribution < 1.29 is 9.53 Å². The lowest BCUT2D eigenvalue weighted by atomic mass is 10.0. The monoisotopic (exact) mass is 378 g/mol. The molecule has 1 saturated heterocycles. The van der Waals surface area contributed by atoms with Gasteiger partial charge in [-0.25, -0.2) is 4.98 Å². The Balaban J connectivity index is 1.80. The molecule has 0 saturated carbocycles. The minimum Gasteiger partial charge on any atom is -0.377 e. The van der Waals surface area contributed by atoms with E-state index in [4.69, 9.17) is 27.9 Å². The zero-order valence-electron chi connectivity index (χ0n) is 13.5. The molecule has 1 aromatic carbocycles. The molecule has 2 aliphatic heterocycles. The Morgan fingerprint density at radius 2 is 2.04 bits per heavy atom. The molecular weight excluding hydrogens is 363 g/mol. The van der Waals surface area contributed by atoms with Crippen molar-refractivity contribution in [3.8, 4) is 0 Å². The van der Waals surface area contributed by atoms with E-state index < -0.39 is 6.04 Å². The van der Waals surface area contributed by atoms with Gasteiger partial charge in [0.05, 0.1) is 25.5 Å². The lowest BCUT2D eigenvalue weighted by molar-refractivity contribution is -0.123. The smallest absolute Gasteiger partial charge is 0.252 e. The Kier molecular flexibility index (Phi) is 4.27. The summed E-state index contributed by atoms with van der Waals surface area (Å²) in [5.41, 5.74) is 1.64. The quantitative estimate of drug-likeness (QED) is 0.751. The fraction of sp³-hybridized carbons (Fsp3) is 0.353. The largest absolute Gasteiger partial charge is 0.377 e. The van der Waals surface area contributed by atoms with Gasteiger partial charge in [-0.05, 0) is 36.2 Å². The van der Waals surface area contributed by atoms with Gasteiger partial charge >= 0.3 is 0 Å². The molecule has 6 nitrogen and oxygen atoms in total. The normalized spacial score (nSPS) is 20.9. The molecule has 2 aliphatic rings. The maximum atomic E-state index is 13.2. The Morgan fingerprint density at radius 1 is 1.28 bits per heavy atom. The third-order valence-electron chi connectivity index (χ3n) is 4.64. The second-order valence-electron chi connectivity index (χ2n) is 6.07. The second-order valence-corrected chi connectivity index (χ2v) is 6.84. The first-order valence-corrected chi connectivity index (χ1v) is 8.77. The molecule has 1 amide bonds. The number of amides is 1. The number of fused-ring (bicyclic) bond motifs is 3. The van der Waals surface area contributed by atoms with Crippen molar-refractivity contribution in [3.05, 3.63) is 46.3 Å². The number of carbonyl (C=O) groups excluding carboxylic acids is 1. The molecule has 8 heteroatoms. The maximum Gasteiger partial charge on any atom is 0.252 e. The fourth-order valence-corrected chi connectivity index (χ4v) is 3.61. The van der Waals surface area contributed by atoms with Crippen molar-refractivity contribution in [2.24, 2.45) is 0 Å². The first-order valence-electron chi connectivity index (χ1n) is 8.01. The number of morpholine rings is 1. The Hall–Kier alpha value is -1.89. The highest BCUT2D eigenvalue weighted by Crippen LogP contribution is 2.40. The Morgan fingerprint density at radius 3 is 2.80 bits per heavy atom. The van der Waals surface area contributed by atoms with Gasteiger partial charge < -0.3 is 9.64 Å². The summed E-state index contributed by atoms with van der Waals surface area (Å²) in [5, 5.41) is 0.820. The molecule has 1 aromatic heterocycles. The number of halogens is 2. The van der Waals surface area contributed by atoms with Gasteiger partial charge in [0.15, 0.2) is 5.82 Å². The Labute approximate surface area is 155 Å². The van der Waals surface area contributed by atoms with Crippen LogP contribution in [0.2, 0.25) is 10.3 Å². The SMILES string of the molecule is C[C@@H](c1ccc(Cl)cc1)N1C(=O)[C@@H]2COCCN2c2nc(Cl)ncc21. The average molecular weight is 379 g/mol. The van der Waals surface area contributed by atoms with Crippen LogP contribution in [0, 0.1) is 0 Å². The molecule has 130 valence electrons. The second kappa shape index (κ2) is 6.44. The van der Waals surface area contributed by atoms with Gasteiger partial charge in [0.25, 0.3) is 5.91 Å². The van der Waals surface area contributed by atoms with Crippen molar-refractivity contribution in [2.45, 2.75) is 19.0 Å². The van der Waals surface area contributed by atoms with Crippen molar-refractivity contribution in [2.75, 3.05) is 29.6 Å². The van der Waals surface area contributed by atoms with Gasteiger partial charge in [0, 0.05) is 11.6 Å². The van der Waals surface area contributed by atoms with Gasteiger partial charge in [-0.1, -0.05) is 23.7 Å². The van der Waals surface area contributed by atoms with E-state index in [1.807, 2.05) is 36.1 Å². The zero-order valence-corrected chi connectivity index (χ0v) is 15.0. The van der Waals surface area contributed by atoms with Crippen LogP contribution in [0.15, 0.2) is 30.5 Å². The van der Waals surface area contributed by atoms with Gasteiger partial charge in [0.1, 0.15) is 11.7 Å². The third-order valence-corrected chi connectivity index (χ3v) is 5.08. The lowest BCUT2D eigenvalue weighted by Crippen LogP contribution is -2.59. The molecule has 0 radical (unpaired) electrons. The average Bonchev–Trinajstić information content (AvgIpc) is 2.63. The lowest BCUT2D eigenvalue weighted by Gasteiger charge is -2.45. The van der Waals surface area contributed by atoms with E-state index in [9.17, 15) is 4.79 Å². The van der Waals surface area contributed by atoms with E-state index in [0.717, 1.165) is 5.56 Å². The molecular formula is C17H16Cl2N4O2. The summed E-state index contributed by atoms with van der Waals surface area (Å²) in [6.07, 6.45) is 1.61. The molecule has 0 aliphatic carbocycles. The fourth-order valence-electron chi connectivity index (χ4n) is 3.36. The van der Waals surface area contributed by atoms with Crippen molar-refractivity contribution >= 4 is 40.6 Å². The number of rotatable bonds is 2. The Bertz CT molecular complexity index is 815. The van der Waals surface area contributed by atoms with Crippen LogP contribution in [0.4, 0.5) is 11.5 Å². The van der Waals surface area contributed by atoms with Crippen LogP contribution in [-0.2, 0) is 9.53 Å². The van der Waals surface area contributed by atoms with E-state index in [1.165, 1.54) is 0 Å². The van der Waals surface area contributed by atoms with Gasteiger partial charge in [-0.2, -0.15) is 4.98 Å². The van der Waals surface area contributed by atoms with Crippen LogP contribution in [0.1, 0.15) is 18.5 Å². The van der Waals surface area contributed by atoms with Gasteiger partial charge in [-0.3, -0.25) is 9.69 Å². The highest BCUT2D eigenvalue weighted by Gasteiger charge is 2.43. The van der Waals surface area contributed by atoms with Crippen LogP contribution < -0.4 is 9.80 Å². The summed E-state index contributed by atoms with van der Waals surface area (Å²) in [5.74, 6) is 0.647. The molecule has 4 rings (SSSR count). The molecule has 0 unspecified atom stereocenters. The summed E-state index contributed by atoms with van der Waals surface area (Å²) < 4.78 is 5.52. The van der Waals surface area contributed by atoms with Crippen molar-refractivity contribution in [1.82, 2.24) is 9.97 Å². The molecule has 1 fully saturated rings. The highest BCUT2D eigenvalue weighted by atomic mass is 35.5. The predicted molar refractivity (Wildman–Crippen MR) is 96.3 cm³/mol. The van der Waals surface area contributed by atoms with E-state index in [1.54, 1.807) is 11.1 Å². The first-order chi connectivity index (χ1) is 12.1. The van der Waals surface area contributed by atoms with E-state index >= 15 is 0 Å². The first kappa shape index (κ1) is 16.6. The molecule has 25 heavy (non-hydrogen) atoms. The van der Waals surface area contributed by atoms with Crippen LogP contribution >= 0.6 is 23.2 Å². The number of anilines is 2. The van der Waals surface area contributed by atoms with Crippen LogP contribution in [-0.4, -0.2) is 41.7 Å². The topological polar surface area (TPSA) is 58.6 Å². The minimum absolute atomic E-state index is 0.0272. The molecule has 0 bridgehead atoms. The van der Waals surface area contributed by atoms with Crippen LogP contribution in [0.5, 0.6) is 0 Å². The van der Waals surface area contributed by atoms with Crippen molar-refractivity contribution in [1.29, 1.82) is 0 Å². The molecule has 2 aromatic rings. The van der Waals surface area contributed by atoms with Gasteiger partial charge in [0.2, 0.25) is 5.28 Å². The number of nitrogens with zero attached hydrogens (tertiary/aromatic N) is 4. The molecule has 3 heterocycles. The van der Waals surface area contributed by atoms with Crippen molar-refractivity contribution in [3.63, 3.8) is 0 Å². The van der Waals surface area contributed by atoms with Crippen LogP contribution in [0.25, 0.3) is 0 Å². The van der Waals surface area contributed by atoms with E-state index in [2.05, 4.69) is 9.97 Å². The van der Waals surface area contributed by atoms with E-state index in [0.29, 0.717) is 36.3 Å². The standard InChI is InChI=1S/C17H16Cl2N4O2/c1-10(11-2-4-12(18)5-3-11)23-13-8-20-17(19)21-15(13)22-6-7-25-9-14(22)16(23)24/h2-5,8,10,14H,6-7,9H2,1H3/t10-,14-/m0/s1. The molecule has 2 atom stereocenters. The zero-order chi connectivity index (χ0) is 17.6.